The number of piperazine rings is 1. The summed E-state index contributed by atoms with van der Waals surface area (Å²) in [4.78, 5) is 29.1. The van der Waals surface area contributed by atoms with Crippen LogP contribution < -0.4 is 0 Å². The van der Waals surface area contributed by atoms with Crippen molar-refractivity contribution in [3.63, 3.8) is 0 Å². The van der Waals surface area contributed by atoms with Gasteiger partial charge in [0.25, 0.3) is 0 Å². The minimum atomic E-state index is -0.778. The van der Waals surface area contributed by atoms with Gasteiger partial charge in [0, 0.05) is 39.3 Å². The Bertz CT molecular complexity index is 346. The molecule has 1 N–H and O–H groups in total. The first-order valence-corrected chi connectivity index (χ1v) is 8.09. The Kier molecular flexibility index (Phi) is 6.45. The van der Waals surface area contributed by atoms with Gasteiger partial charge >= 0.3 is 5.97 Å². The number of rotatable bonds is 4. The summed E-state index contributed by atoms with van der Waals surface area (Å²) in [7, 11) is 0. The molecule has 1 amide bonds. The lowest BCUT2D eigenvalue weighted by Gasteiger charge is -2.35. The molecule has 0 aromatic heterocycles. The minimum Gasteiger partial charge on any atom is -0.480 e. The van der Waals surface area contributed by atoms with Crippen molar-refractivity contribution in [1.82, 2.24) is 14.7 Å². The van der Waals surface area contributed by atoms with E-state index in [9.17, 15) is 9.59 Å². The number of carboxylic acid groups (broad SMARTS) is 1. The summed E-state index contributed by atoms with van der Waals surface area (Å²) in [6.45, 7) is 5.43. The van der Waals surface area contributed by atoms with Crippen LogP contribution in [-0.4, -0.2) is 84.0 Å². The van der Waals surface area contributed by atoms with E-state index >= 15 is 0 Å². The van der Waals surface area contributed by atoms with Crippen LogP contribution in [0.15, 0.2) is 0 Å². The van der Waals surface area contributed by atoms with E-state index in [2.05, 4.69) is 4.90 Å². The van der Waals surface area contributed by atoms with E-state index in [0.29, 0.717) is 6.54 Å². The summed E-state index contributed by atoms with van der Waals surface area (Å²) >= 11 is 0. The molecule has 0 atom stereocenters. The molecule has 0 aromatic rings. The number of amides is 1. The summed E-state index contributed by atoms with van der Waals surface area (Å²) in [6, 6.07) is 0. The van der Waals surface area contributed by atoms with Crippen molar-refractivity contribution in [1.29, 1.82) is 0 Å². The number of hydrogen-bond donors (Lipinski definition) is 1. The number of nitrogens with zero attached hydrogens (tertiary/aromatic N) is 3. The van der Waals surface area contributed by atoms with E-state index in [1.165, 1.54) is 19.3 Å². The van der Waals surface area contributed by atoms with Crippen molar-refractivity contribution in [2.24, 2.45) is 0 Å². The topological polar surface area (TPSA) is 64.1 Å². The van der Waals surface area contributed by atoms with Gasteiger partial charge in [0.15, 0.2) is 0 Å². The second-order valence-corrected chi connectivity index (χ2v) is 6.09. The number of carbonyl (C=O) groups excluding carboxylic acids is 1. The van der Waals surface area contributed by atoms with Crippen LogP contribution in [0, 0.1) is 0 Å². The van der Waals surface area contributed by atoms with Gasteiger partial charge in [0.1, 0.15) is 0 Å². The average Bonchev–Trinajstić information content (AvgIpc) is 2.40. The van der Waals surface area contributed by atoms with E-state index in [1.807, 2.05) is 9.80 Å². The Morgan fingerprint density at radius 1 is 0.714 bits per heavy atom. The third-order valence-corrected chi connectivity index (χ3v) is 4.39. The number of aliphatic carboxylic acids is 1. The monoisotopic (exact) mass is 297 g/mol. The van der Waals surface area contributed by atoms with Crippen molar-refractivity contribution in [3.05, 3.63) is 0 Å². The van der Waals surface area contributed by atoms with E-state index in [-0.39, 0.29) is 12.5 Å². The lowest BCUT2D eigenvalue weighted by molar-refractivity contribution is -0.139. The molecule has 0 radical (unpaired) electrons. The van der Waals surface area contributed by atoms with Gasteiger partial charge in [-0.2, -0.15) is 0 Å². The Morgan fingerprint density at radius 2 is 1.19 bits per heavy atom. The zero-order chi connectivity index (χ0) is 15.1. The quantitative estimate of drug-likeness (QED) is 0.818. The van der Waals surface area contributed by atoms with Crippen molar-refractivity contribution in [3.8, 4) is 0 Å². The van der Waals surface area contributed by atoms with Gasteiger partial charge in [-0.15, -0.1) is 0 Å². The normalized spacial score (nSPS) is 22.6. The molecule has 0 aliphatic carbocycles. The van der Waals surface area contributed by atoms with Gasteiger partial charge in [0.05, 0.1) is 13.1 Å². The van der Waals surface area contributed by atoms with E-state index in [0.717, 1.165) is 52.1 Å². The molecule has 2 heterocycles. The molecule has 21 heavy (non-hydrogen) atoms. The highest BCUT2D eigenvalue weighted by Crippen LogP contribution is 2.11. The molecular formula is C15H27N3O3. The lowest BCUT2D eigenvalue weighted by atomic mass is 10.1. The first kappa shape index (κ1) is 16.2. The van der Waals surface area contributed by atoms with Crippen LogP contribution in [0.1, 0.15) is 32.1 Å². The second kappa shape index (κ2) is 8.34. The molecule has 6 nitrogen and oxygen atoms in total. The highest BCUT2D eigenvalue weighted by atomic mass is 16.4. The molecule has 2 rings (SSSR count). The Balaban J connectivity index is 1.71. The molecule has 6 heteroatoms. The Morgan fingerprint density at radius 3 is 1.71 bits per heavy atom. The second-order valence-electron chi connectivity index (χ2n) is 6.09. The predicted molar refractivity (Wildman–Crippen MR) is 80.2 cm³/mol. The van der Waals surface area contributed by atoms with Gasteiger partial charge in [-0.25, -0.2) is 0 Å². The number of carboxylic acids is 1. The number of carbonyl (C=O) groups is 2. The molecule has 2 aliphatic rings. The molecule has 0 saturated carbocycles. The summed E-state index contributed by atoms with van der Waals surface area (Å²) < 4.78 is 0. The number of hydrogen-bond acceptors (Lipinski definition) is 4. The Hall–Kier alpha value is -1.14. The summed E-state index contributed by atoms with van der Waals surface area (Å²) in [5.41, 5.74) is 0. The molecule has 2 aliphatic heterocycles. The van der Waals surface area contributed by atoms with Crippen molar-refractivity contribution >= 4 is 11.9 Å². The molecule has 0 bridgehead atoms. The lowest BCUT2D eigenvalue weighted by Crippen LogP contribution is -2.51. The molecule has 2 fully saturated rings. The van der Waals surface area contributed by atoms with E-state index < -0.39 is 5.97 Å². The fourth-order valence-electron chi connectivity index (χ4n) is 3.08. The van der Waals surface area contributed by atoms with Crippen LogP contribution in [0.3, 0.4) is 0 Å². The van der Waals surface area contributed by atoms with Gasteiger partial charge in [0.2, 0.25) is 5.91 Å². The van der Waals surface area contributed by atoms with Gasteiger partial charge in [-0.1, -0.05) is 19.3 Å². The highest BCUT2D eigenvalue weighted by Gasteiger charge is 2.22. The predicted octanol–water partition coefficient (Wildman–Crippen LogP) is 0.481. The first-order valence-electron chi connectivity index (χ1n) is 8.09. The zero-order valence-electron chi connectivity index (χ0n) is 12.8. The molecule has 0 spiro atoms. The van der Waals surface area contributed by atoms with Gasteiger partial charge < -0.3 is 10.0 Å². The maximum atomic E-state index is 12.4. The maximum Gasteiger partial charge on any atom is 0.317 e. The third kappa shape index (κ3) is 5.63. The molecule has 0 unspecified atom stereocenters. The van der Waals surface area contributed by atoms with Gasteiger partial charge in [-0.3, -0.25) is 19.4 Å². The van der Waals surface area contributed by atoms with E-state index in [1.54, 1.807) is 0 Å². The van der Waals surface area contributed by atoms with Crippen LogP contribution in [0.4, 0.5) is 0 Å². The van der Waals surface area contributed by atoms with Crippen LogP contribution in [0.25, 0.3) is 0 Å². The van der Waals surface area contributed by atoms with Crippen LogP contribution in [0.2, 0.25) is 0 Å². The average molecular weight is 297 g/mol. The molecular weight excluding hydrogens is 270 g/mol. The van der Waals surface area contributed by atoms with Crippen molar-refractivity contribution < 1.29 is 14.7 Å². The standard InChI is InChI=1S/C15H27N3O3/c19-14(18-6-4-2-1-3-5-7-18)12-16-8-10-17(11-9-16)13-15(20)21/h1-13H2,(H,20,21). The van der Waals surface area contributed by atoms with E-state index in [4.69, 9.17) is 5.11 Å². The largest absolute Gasteiger partial charge is 0.480 e. The summed E-state index contributed by atoms with van der Waals surface area (Å²) in [6.07, 6.45) is 6.01. The van der Waals surface area contributed by atoms with Crippen LogP contribution in [-0.2, 0) is 9.59 Å². The van der Waals surface area contributed by atoms with Gasteiger partial charge in [-0.05, 0) is 12.8 Å². The maximum absolute atomic E-state index is 12.4. The van der Waals surface area contributed by atoms with Crippen LogP contribution in [0.5, 0.6) is 0 Å². The smallest absolute Gasteiger partial charge is 0.317 e. The molecule has 120 valence electrons. The number of likely N-dealkylation sites (tertiary alicyclic amines) is 1. The fraction of sp³-hybridized carbons (Fsp3) is 0.867. The first-order chi connectivity index (χ1) is 10.1. The highest BCUT2D eigenvalue weighted by molar-refractivity contribution is 5.78. The summed E-state index contributed by atoms with van der Waals surface area (Å²) in [5, 5.41) is 8.78. The van der Waals surface area contributed by atoms with Crippen LogP contribution >= 0.6 is 0 Å². The van der Waals surface area contributed by atoms with Crippen molar-refractivity contribution in [2.75, 3.05) is 52.4 Å². The molecule has 0 aromatic carbocycles. The Labute approximate surface area is 126 Å². The zero-order valence-corrected chi connectivity index (χ0v) is 12.8. The fourth-order valence-corrected chi connectivity index (χ4v) is 3.08. The minimum absolute atomic E-state index is 0.105. The van der Waals surface area contributed by atoms with Crippen molar-refractivity contribution in [2.45, 2.75) is 32.1 Å². The SMILES string of the molecule is O=C(O)CN1CCN(CC(=O)N2CCCCCCC2)CC1. The third-order valence-electron chi connectivity index (χ3n) is 4.39. The molecule has 2 saturated heterocycles. The summed E-state index contributed by atoms with van der Waals surface area (Å²) in [5.74, 6) is -0.538.